The van der Waals surface area contributed by atoms with Gasteiger partial charge in [-0.1, -0.05) is 6.07 Å². The van der Waals surface area contributed by atoms with Crippen LogP contribution < -0.4 is 4.72 Å². The number of methoxy groups -OCH3 is 1. The standard InChI is InChI=1S/C17H17N5O3S2/c1-25-17(23)12-9-20-15(16-19-6-7-26-16)22-10-11(8-13(12)22)21-27(24)14-4-2-3-5-18-14/h2-7,11,21H,8-10H2,1H3. The van der Waals surface area contributed by atoms with Crippen molar-refractivity contribution in [3.8, 4) is 0 Å². The molecule has 2 aliphatic heterocycles. The summed E-state index contributed by atoms with van der Waals surface area (Å²) < 4.78 is 20.6. The molecule has 0 aromatic carbocycles. The topological polar surface area (TPSA) is 96.8 Å². The number of hydrogen-bond acceptors (Lipinski definition) is 8. The van der Waals surface area contributed by atoms with Gasteiger partial charge in [0.25, 0.3) is 0 Å². The van der Waals surface area contributed by atoms with Crippen molar-refractivity contribution in [1.29, 1.82) is 0 Å². The monoisotopic (exact) mass is 403 g/mol. The largest absolute Gasteiger partial charge is 0.466 e. The molecule has 0 aliphatic carbocycles. The Morgan fingerprint density at radius 1 is 1.37 bits per heavy atom. The lowest BCUT2D eigenvalue weighted by Crippen LogP contribution is -2.38. The van der Waals surface area contributed by atoms with Gasteiger partial charge in [0, 0.05) is 42.5 Å². The summed E-state index contributed by atoms with van der Waals surface area (Å²) >= 11 is 1.49. The molecule has 0 bridgehead atoms. The van der Waals surface area contributed by atoms with E-state index in [2.05, 4.69) is 19.7 Å². The first-order valence-corrected chi connectivity index (χ1v) is 10.3. The lowest BCUT2D eigenvalue weighted by Gasteiger charge is -2.26. The summed E-state index contributed by atoms with van der Waals surface area (Å²) in [5.74, 6) is 0.351. The fourth-order valence-corrected chi connectivity index (χ4v) is 4.73. The second kappa shape index (κ2) is 7.67. The Bertz CT molecular complexity index is 927. The number of amidine groups is 1. The van der Waals surface area contributed by atoms with Crippen molar-refractivity contribution < 1.29 is 13.7 Å². The van der Waals surface area contributed by atoms with Crippen molar-refractivity contribution in [1.82, 2.24) is 19.6 Å². The smallest absolute Gasteiger partial charge is 0.337 e. The minimum Gasteiger partial charge on any atom is -0.466 e. The van der Waals surface area contributed by atoms with E-state index >= 15 is 0 Å². The van der Waals surface area contributed by atoms with Crippen LogP contribution in [0.15, 0.2) is 57.3 Å². The first-order valence-electron chi connectivity index (χ1n) is 8.28. The van der Waals surface area contributed by atoms with Crippen molar-refractivity contribution in [3.63, 3.8) is 0 Å². The van der Waals surface area contributed by atoms with Crippen LogP contribution >= 0.6 is 11.3 Å². The number of esters is 1. The van der Waals surface area contributed by atoms with Gasteiger partial charge in [-0.25, -0.2) is 23.7 Å². The first-order chi connectivity index (χ1) is 13.2. The van der Waals surface area contributed by atoms with Gasteiger partial charge in [0.05, 0.1) is 19.2 Å². The number of aliphatic imine (C=N–C) groups is 1. The molecule has 0 saturated carbocycles. The third-order valence-corrected chi connectivity index (χ3v) is 6.25. The Balaban J connectivity index is 1.59. The van der Waals surface area contributed by atoms with Crippen LogP contribution in [0.5, 0.6) is 0 Å². The van der Waals surface area contributed by atoms with E-state index < -0.39 is 11.0 Å². The maximum atomic E-state index is 12.6. The summed E-state index contributed by atoms with van der Waals surface area (Å²) in [6.07, 6.45) is 3.88. The second-order valence-corrected chi connectivity index (χ2v) is 8.05. The van der Waals surface area contributed by atoms with Crippen LogP contribution in [0.1, 0.15) is 11.4 Å². The van der Waals surface area contributed by atoms with Crippen molar-refractivity contribution in [2.75, 3.05) is 20.2 Å². The summed E-state index contributed by atoms with van der Waals surface area (Å²) in [5, 5.41) is 3.15. The van der Waals surface area contributed by atoms with Crippen LogP contribution in [0, 0.1) is 0 Å². The van der Waals surface area contributed by atoms with Gasteiger partial charge < -0.3 is 9.64 Å². The highest BCUT2D eigenvalue weighted by Gasteiger charge is 2.38. The minimum absolute atomic E-state index is 0.120. The molecule has 1 N–H and O–H groups in total. The number of thiazole rings is 1. The summed E-state index contributed by atoms with van der Waals surface area (Å²) in [7, 11) is -0.0756. The zero-order chi connectivity index (χ0) is 18.8. The van der Waals surface area contributed by atoms with Gasteiger partial charge in [0.1, 0.15) is 16.0 Å². The highest BCUT2D eigenvalue weighted by Crippen LogP contribution is 2.31. The first kappa shape index (κ1) is 18.0. The fraction of sp³-hybridized carbons (Fsp3) is 0.294. The Morgan fingerprint density at radius 3 is 2.96 bits per heavy atom. The highest BCUT2D eigenvalue weighted by atomic mass is 32.2. The molecule has 2 aromatic rings. The van der Waals surface area contributed by atoms with Gasteiger partial charge >= 0.3 is 5.97 Å². The molecule has 2 unspecified atom stereocenters. The van der Waals surface area contributed by atoms with Crippen molar-refractivity contribution in [2.45, 2.75) is 17.5 Å². The van der Waals surface area contributed by atoms with Crippen LogP contribution in [0.25, 0.3) is 0 Å². The molecule has 2 aromatic heterocycles. The lowest BCUT2D eigenvalue weighted by atomic mass is 10.1. The van der Waals surface area contributed by atoms with Gasteiger partial charge in [-0.3, -0.25) is 4.99 Å². The molecule has 0 amide bonds. The van der Waals surface area contributed by atoms with Crippen LogP contribution in [-0.4, -0.2) is 57.1 Å². The second-order valence-electron chi connectivity index (χ2n) is 5.96. The van der Waals surface area contributed by atoms with Crippen LogP contribution in [-0.2, 0) is 20.5 Å². The zero-order valence-corrected chi connectivity index (χ0v) is 16.1. The number of hydrogen-bond donors (Lipinski definition) is 1. The number of nitrogens with zero attached hydrogens (tertiary/aromatic N) is 4. The number of carbonyl (C=O) groups excluding carboxylic acids is 1. The van der Waals surface area contributed by atoms with Crippen LogP contribution in [0.2, 0.25) is 0 Å². The minimum atomic E-state index is -1.44. The van der Waals surface area contributed by atoms with E-state index in [-0.39, 0.29) is 18.6 Å². The average Bonchev–Trinajstić information content (AvgIpc) is 3.37. The number of rotatable bonds is 5. The van der Waals surface area contributed by atoms with Crippen molar-refractivity contribution in [2.24, 2.45) is 4.99 Å². The van der Waals surface area contributed by atoms with E-state index in [1.54, 1.807) is 30.6 Å². The van der Waals surface area contributed by atoms with Gasteiger partial charge in [-0.15, -0.1) is 11.3 Å². The van der Waals surface area contributed by atoms with E-state index in [0.717, 1.165) is 16.5 Å². The Kier molecular flexibility index (Phi) is 5.10. The fourth-order valence-electron chi connectivity index (χ4n) is 3.14. The number of nitrogens with one attached hydrogen (secondary N) is 1. The van der Waals surface area contributed by atoms with Crippen LogP contribution in [0.3, 0.4) is 0 Å². The molecule has 1 saturated heterocycles. The molecule has 4 heterocycles. The Hall–Kier alpha value is -2.43. The van der Waals surface area contributed by atoms with Crippen molar-refractivity contribution >= 4 is 34.1 Å². The van der Waals surface area contributed by atoms with Crippen molar-refractivity contribution in [3.05, 3.63) is 52.3 Å². The third kappa shape index (κ3) is 3.55. The normalized spacial score (nSPS) is 20.3. The van der Waals surface area contributed by atoms with E-state index in [0.29, 0.717) is 23.6 Å². The Labute approximate surface area is 162 Å². The maximum absolute atomic E-state index is 12.6. The predicted octanol–water partition coefficient (Wildman–Crippen LogP) is 1.11. The quantitative estimate of drug-likeness (QED) is 0.752. The molecule has 0 radical (unpaired) electrons. The van der Waals surface area contributed by atoms with Gasteiger partial charge in [-0.2, -0.15) is 0 Å². The molecule has 8 nitrogen and oxygen atoms in total. The average molecular weight is 403 g/mol. The lowest BCUT2D eigenvalue weighted by molar-refractivity contribution is -0.136. The van der Waals surface area contributed by atoms with Gasteiger partial charge in [0.15, 0.2) is 10.8 Å². The molecule has 2 atom stereocenters. The predicted molar refractivity (Wildman–Crippen MR) is 101 cm³/mol. The molecular weight excluding hydrogens is 386 g/mol. The maximum Gasteiger partial charge on any atom is 0.337 e. The number of carbonyl (C=O) groups is 1. The van der Waals surface area contributed by atoms with Gasteiger partial charge in [-0.05, 0) is 12.1 Å². The molecular formula is C17H17N5O3S2. The van der Waals surface area contributed by atoms with E-state index in [1.165, 1.54) is 18.4 Å². The molecule has 10 heteroatoms. The van der Waals surface area contributed by atoms with E-state index in [9.17, 15) is 9.00 Å². The summed E-state index contributed by atoms with van der Waals surface area (Å²) in [6, 6.07) is 5.17. The summed E-state index contributed by atoms with van der Waals surface area (Å²) in [4.78, 5) is 27.2. The number of ether oxygens (including phenoxy) is 1. The van der Waals surface area contributed by atoms with Gasteiger partial charge in [0.2, 0.25) is 0 Å². The molecule has 27 heavy (non-hydrogen) atoms. The molecule has 140 valence electrons. The molecule has 2 aliphatic rings. The summed E-state index contributed by atoms with van der Waals surface area (Å²) in [5.41, 5.74) is 1.38. The number of fused-ring (bicyclic) bond motifs is 1. The SMILES string of the molecule is COC(=O)C1=C2CC(NS(=O)c3ccccn3)CN2C(c2nccs2)=NC1. The van der Waals surface area contributed by atoms with E-state index in [1.807, 2.05) is 10.3 Å². The van der Waals surface area contributed by atoms with Crippen LogP contribution in [0.4, 0.5) is 0 Å². The molecule has 4 rings (SSSR count). The third-order valence-electron chi connectivity index (χ3n) is 4.32. The van der Waals surface area contributed by atoms with E-state index in [4.69, 9.17) is 4.74 Å². The number of pyridine rings is 1. The zero-order valence-electron chi connectivity index (χ0n) is 14.5. The number of aromatic nitrogens is 2. The molecule has 0 spiro atoms. The Morgan fingerprint density at radius 2 is 2.26 bits per heavy atom. The highest BCUT2D eigenvalue weighted by molar-refractivity contribution is 7.83. The summed E-state index contributed by atoms with van der Waals surface area (Å²) in [6.45, 7) is 0.788. The molecule has 1 fully saturated rings.